The molecular formula is C26H29N3O7. The van der Waals surface area contributed by atoms with Gasteiger partial charge in [0.1, 0.15) is 24.4 Å². The molecule has 1 fully saturated rings. The van der Waals surface area contributed by atoms with Crippen LogP contribution in [-0.4, -0.2) is 52.4 Å². The Balaban J connectivity index is 1.32. The lowest BCUT2D eigenvalue weighted by atomic mass is 9.87. The largest absolute Gasteiger partial charge is 0.463 e. The number of hydrogen-bond donors (Lipinski definition) is 1. The molecule has 2 aromatic rings. The van der Waals surface area contributed by atoms with Gasteiger partial charge in [0.2, 0.25) is 5.91 Å². The SMILES string of the molecule is CC(C)C1(C)C(=O)NC2(OCCOC(=O)CCC(=O)OCc3ccccc3)c3ncccc3C(=O)N21. The molecule has 2 unspecified atom stereocenters. The summed E-state index contributed by atoms with van der Waals surface area (Å²) in [7, 11) is 0. The molecule has 0 saturated carbocycles. The number of esters is 2. The Bertz CT molecular complexity index is 1170. The molecule has 190 valence electrons. The third-order valence-electron chi connectivity index (χ3n) is 6.64. The Morgan fingerprint density at radius 3 is 2.39 bits per heavy atom. The Morgan fingerprint density at radius 2 is 1.69 bits per heavy atom. The van der Waals surface area contributed by atoms with Crippen molar-refractivity contribution < 1.29 is 33.4 Å². The second-order valence-corrected chi connectivity index (χ2v) is 9.16. The van der Waals surface area contributed by atoms with Crippen molar-refractivity contribution in [3.63, 3.8) is 0 Å². The van der Waals surface area contributed by atoms with E-state index in [1.54, 1.807) is 19.1 Å². The average Bonchev–Trinajstić information content (AvgIpc) is 3.26. The van der Waals surface area contributed by atoms with Gasteiger partial charge in [-0.1, -0.05) is 44.2 Å². The van der Waals surface area contributed by atoms with Crippen molar-refractivity contribution in [1.29, 1.82) is 0 Å². The average molecular weight is 496 g/mol. The van der Waals surface area contributed by atoms with Crippen molar-refractivity contribution in [2.24, 2.45) is 5.92 Å². The van der Waals surface area contributed by atoms with Crippen molar-refractivity contribution in [3.8, 4) is 0 Å². The molecule has 10 nitrogen and oxygen atoms in total. The van der Waals surface area contributed by atoms with E-state index < -0.39 is 23.3 Å². The first-order valence-electron chi connectivity index (χ1n) is 11.8. The zero-order valence-electron chi connectivity index (χ0n) is 20.5. The molecule has 0 spiro atoms. The summed E-state index contributed by atoms with van der Waals surface area (Å²) in [6.45, 7) is 5.28. The lowest BCUT2D eigenvalue weighted by Gasteiger charge is -2.39. The molecule has 1 N–H and O–H groups in total. The molecule has 0 bridgehead atoms. The van der Waals surface area contributed by atoms with E-state index >= 15 is 0 Å². The number of benzene rings is 1. The third-order valence-corrected chi connectivity index (χ3v) is 6.64. The Morgan fingerprint density at radius 1 is 1.00 bits per heavy atom. The summed E-state index contributed by atoms with van der Waals surface area (Å²) in [4.78, 5) is 56.0. The minimum absolute atomic E-state index is 0.112. The van der Waals surface area contributed by atoms with Gasteiger partial charge < -0.3 is 19.5 Å². The first-order chi connectivity index (χ1) is 17.2. The van der Waals surface area contributed by atoms with Crippen molar-refractivity contribution in [1.82, 2.24) is 15.2 Å². The zero-order chi connectivity index (χ0) is 25.9. The molecule has 0 radical (unpaired) electrons. The zero-order valence-corrected chi connectivity index (χ0v) is 20.5. The van der Waals surface area contributed by atoms with Crippen LogP contribution in [0.2, 0.25) is 0 Å². The van der Waals surface area contributed by atoms with E-state index in [-0.39, 0.29) is 50.4 Å². The summed E-state index contributed by atoms with van der Waals surface area (Å²) in [5.74, 6) is -3.60. The standard InChI is InChI=1S/C26H29N3O7/c1-17(2)25(3)24(33)28-26(22-19(10-7-13-27-22)23(32)29(25)26)36-15-14-34-20(30)11-12-21(31)35-16-18-8-5-4-6-9-18/h4-10,13,17H,11-12,14-16H2,1-3H3,(H,28,33). The molecule has 3 heterocycles. The molecule has 2 amide bonds. The van der Waals surface area contributed by atoms with Crippen LogP contribution in [-0.2, 0) is 41.1 Å². The van der Waals surface area contributed by atoms with Crippen LogP contribution in [0.25, 0.3) is 0 Å². The van der Waals surface area contributed by atoms with E-state index in [1.807, 2.05) is 44.2 Å². The number of pyridine rings is 1. The molecular weight excluding hydrogens is 466 g/mol. The van der Waals surface area contributed by atoms with Gasteiger partial charge in [-0.25, -0.2) is 0 Å². The Kier molecular flexibility index (Phi) is 7.07. The Hall–Kier alpha value is -3.79. The van der Waals surface area contributed by atoms with Crippen LogP contribution in [0.1, 0.15) is 55.2 Å². The normalized spacial score (nSPS) is 22.3. The van der Waals surface area contributed by atoms with Crippen molar-refractivity contribution in [2.75, 3.05) is 13.2 Å². The number of carbonyl (C=O) groups is 4. The summed E-state index contributed by atoms with van der Waals surface area (Å²) >= 11 is 0. The highest BCUT2D eigenvalue weighted by Gasteiger charge is 2.68. The van der Waals surface area contributed by atoms with Crippen LogP contribution in [0.5, 0.6) is 0 Å². The van der Waals surface area contributed by atoms with Gasteiger partial charge in [-0.15, -0.1) is 0 Å². The number of carbonyl (C=O) groups excluding carboxylic acids is 4. The van der Waals surface area contributed by atoms with Crippen LogP contribution < -0.4 is 5.32 Å². The molecule has 2 atom stereocenters. The molecule has 36 heavy (non-hydrogen) atoms. The van der Waals surface area contributed by atoms with Crippen LogP contribution >= 0.6 is 0 Å². The van der Waals surface area contributed by atoms with Gasteiger partial charge in [0, 0.05) is 6.20 Å². The second kappa shape index (κ2) is 10.1. The number of aromatic nitrogens is 1. The van der Waals surface area contributed by atoms with Crippen LogP contribution in [0.15, 0.2) is 48.7 Å². The molecule has 10 heteroatoms. The van der Waals surface area contributed by atoms with E-state index in [1.165, 1.54) is 11.1 Å². The van der Waals surface area contributed by atoms with E-state index in [0.29, 0.717) is 11.3 Å². The van der Waals surface area contributed by atoms with E-state index in [2.05, 4.69) is 10.3 Å². The number of hydrogen-bond acceptors (Lipinski definition) is 8. The highest BCUT2D eigenvalue weighted by Crippen LogP contribution is 2.48. The molecule has 4 rings (SSSR count). The predicted octanol–water partition coefficient (Wildman–Crippen LogP) is 2.28. The number of ether oxygens (including phenoxy) is 3. The van der Waals surface area contributed by atoms with Gasteiger partial charge in [-0.3, -0.25) is 29.1 Å². The molecule has 2 aliphatic heterocycles. The van der Waals surface area contributed by atoms with Gasteiger partial charge >= 0.3 is 11.9 Å². The highest BCUT2D eigenvalue weighted by atomic mass is 16.6. The Labute approximate surface area is 208 Å². The van der Waals surface area contributed by atoms with Crippen molar-refractivity contribution in [3.05, 3.63) is 65.5 Å². The number of nitrogens with one attached hydrogen (secondary N) is 1. The second-order valence-electron chi connectivity index (χ2n) is 9.16. The maximum absolute atomic E-state index is 13.3. The molecule has 0 aliphatic carbocycles. The minimum Gasteiger partial charge on any atom is -0.463 e. The highest BCUT2D eigenvalue weighted by molar-refractivity contribution is 6.06. The van der Waals surface area contributed by atoms with Gasteiger partial charge in [-0.2, -0.15) is 0 Å². The summed E-state index contributed by atoms with van der Waals surface area (Å²) in [6, 6.07) is 12.5. The molecule has 2 aliphatic rings. The summed E-state index contributed by atoms with van der Waals surface area (Å²) < 4.78 is 16.4. The first kappa shape index (κ1) is 25.3. The fraction of sp³-hybridized carbons (Fsp3) is 0.423. The number of nitrogens with zero attached hydrogens (tertiary/aromatic N) is 2. The fourth-order valence-corrected chi connectivity index (χ4v) is 4.37. The van der Waals surface area contributed by atoms with Crippen LogP contribution in [0.3, 0.4) is 0 Å². The summed E-state index contributed by atoms with van der Waals surface area (Å²) in [5, 5.41) is 2.82. The van der Waals surface area contributed by atoms with Gasteiger partial charge in [0.15, 0.2) is 0 Å². The lowest BCUT2D eigenvalue weighted by molar-refractivity contribution is -0.172. The van der Waals surface area contributed by atoms with Crippen molar-refractivity contribution >= 4 is 23.8 Å². The van der Waals surface area contributed by atoms with Gasteiger partial charge in [0.25, 0.3) is 11.8 Å². The maximum atomic E-state index is 13.3. The fourth-order valence-electron chi connectivity index (χ4n) is 4.37. The van der Waals surface area contributed by atoms with Gasteiger partial charge in [-0.05, 0) is 30.5 Å². The predicted molar refractivity (Wildman–Crippen MR) is 126 cm³/mol. The van der Waals surface area contributed by atoms with Crippen molar-refractivity contribution in [2.45, 2.75) is 51.6 Å². The van der Waals surface area contributed by atoms with E-state index in [4.69, 9.17) is 14.2 Å². The third kappa shape index (κ3) is 4.44. The number of amides is 2. The van der Waals surface area contributed by atoms with E-state index in [9.17, 15) is 19.2 Å². The molecule has 1 aromatic heterocycles. The molecule has 1 aromatic carbocycles. The summed E-state index contributed by atoms with van der Waals surface area (Å²) in [6.07, 6.45) is 1.27. The topological polar surface area (TPSA) is 124 Å². The first-order valence-corrected chi connectivity index (χ1v) is 11.8. The number of fused-ring (bicyclic) bond motifs is 3. The quantitative estimate of drug-likeness (QED) is 0.393. The number of rotatable bonds is 10. The smallest absolute Gasteiger partial charge is 0.306 e. The lowest BCUT2D eigenvalue weighted by Crippen LogP contribution is -2.56. The minimum atomic E-state index is -1.59. The van der Waals surface area contributed by atoms with Crippen LogP contribution in [0, 0.1) is 5.92 Å². The summed E-state index contributed by atoms with van der Waals surface area (Å²) in [5.41, 5.74) is 0.331. The van der Waals surface area contributed by atoms with Crippen LogP contribution in [0.4, 0.5) is 0 Å². The van der Waals surface area contributed by atoms with E-state index in [0.717, 1.165) is 5.56 Å². The monoisotopic (exact) mass is 495 g/mol. The van der Waals surface area contributed by atoms with Gasteiger partial charge in [0.05, 0.1) is 25.0 Å². The maximum Gasteiger partial charge on any atom is 0.306 e. The molecule has 1 saturated heterocycles.